The van der Waals surface area contributed by atoms with E-state index < -0.39 is 0 Å². The Balaban J connectivity index is 2.21. The second kappa shape index (κ2) is 1.99. The molecule has 1 heteroatoms. The van der Waals surface area contributed by atoms with Crippen LogP contribution in [0.1, 0.15) is 12.8 Å². The highest BCUT2D eigenvalue weighted by molar-refractivity contribution is 5.27. The maximum absolute atomic E-state index is 5.28. The van der Waals surface area contributed by atoms with Crippen LogP contribution in [-0.4, -0.2) is 13.2 Å². The zero-order valence-corrected chi connectivity index (χ0v) is 5.39. The van der Waals surface area contributed by atoms with Crippen molar-refractivity contribution in [3.63, 3.8) is 0 Å². The van der Waals surface area contributed by atoms with E-state index in [0.717, 1.165) is 26.1 Å². The molecular weight excluding hydrogens is 112 g/mol. The van der Waals surface area contributed by atoms with Crippen LogP contribution < -0.4 is 0 Å². The highest BCUT2D eigenvalue weighted by Crippen LogP contribution is 2.24. The third kappa shape index (κ3) is 0.815. The minimum absolute atomic E-state index is 0.889. The molecule has 1 aliphatic heterocycles. The summed E-state index contributed by atoms with van der Waals surface area (Å²) in [6.07, 6.45) is 6.73. The Hall–Kier alpha value is -0.560. The van der Waals surface area contributed by atoms with Gasteiger partial charge in [-0.15, -0.1) is 0 Å². The van der Waals surface area contributed by atoms with Gasteiger partial charge in [0.15, 0.2) is 0 Å². The smallest absolute Gasteiger partial charge is 0.0687 e. The van der Waals surface area contributed by atoms with Crippen molar-refractivity contribution in [2.75, 3.05) is 13.2 Å². The third-order valence-corrected chi connectivity index (χ3v) is 1.95. The van der Waals surface area contributed by atoms with Gasteiger partial charge < -0.3 is 4.74 Å². The van der Waals surface area contributed by atoms with E-state index >= 15 is 0 Å². The van der Waals surface area contributed by atoms with Gasteiger partial charge in [-0.05, 0) is 24.0 Å². The first-order valence-electron chi connectivity index (χ1n) is 3.39. The van der Waals surface area contributed by atoms with Crippen LogP contribution >= 0.6 is 0 Å². The van der Waals surface area contributed by atoms with E-state index in [4.69, 9.17) is 4.74 Å². The summed E-state index contributed by atoms with van der Waals surface area (Å²) in [5, 5.41) is 0. The minimum Gasteiger partial charge on any atom is -0.373 e. The van der Waals surface area contributed by atoms with E-state index in [2.05, 4.69) is 12.2 Å². The highest BCUT2D eigenvalue weighted by Gasteiger charge is 2.14. The average Bonchev–Trinajstić information content (AvgIpc) is 2.33. The van der Waals surface area contributed by atoms with Crippen molar-refractivity contribution in [1.29, 1.82) is 0 Å². The first kappa shape index (κ1) is 5.24. The SMILES string of the molecule is C1=CCC2=C(C1)COC2. The summed E-state index contributed by atoms with van der Waals surface area (Å²) in [6.45, 7) is 1.78. The van der Waals surface area contributed by atoms with Crippen molar-refractivity contribution in [2.24, 2.45) is 0 Å². The summed E-state index contributed by atoms with van der Waals surface area (Å²) in [4.78, 5) is 0. The zero-order chi connectivity index (χ0) is 6.10. The third-order valence-electron chi connectivity index (χ3n) is 1.95. The summed E-state index contributed by atoms with van der Waals surface area (Å²) in [5.41, 5.74) is 3.05. The molecule has 0 saturated carbocycles. The Kier molecular flexibility index (Phi) is 1.16. The summed E-state index contributed by atoms with van der Waals surface area (Å²) in [7, 11) is 0. The van der Waals surface area contributed by atoms with Crippen LogP contribution in [0.25, 0.3) is 0 Å². The predicted octanol–water partition coefficient (Wildman–Crippen LogP) is 1.66. The molecule has 0 saturated heterocycles. The Bertz CT molecular complexity index is 159. The van der Waals surface area contributed by atoms with Gasteiger partial charge in [0.05, 0.1) is 13.2 Å². The van der Waals surface area contributed by atoms with Gasteiger partial charge in [0, 0.05) is 0 Å². The molecular formula is C8H10O. The Morgan fingerprint density at radius 1 is 1.00 bits per heavy atom. The Morgan fingerprint density at radius 2 is 1.56 bits per heavy atom. The summed E-state index contributed by atoms with van der Waals surface area (Å²) in [6, 6.07) is 0. The fraction of sp³-hybridized carbons (Fsp3) is 0.500. The molecule has 2 aliphatic rings. The molecule has 0 amide bonds. The lowest BCUT2D eigenvalue weighted by molar-refractivity contribution is 0.203. The molecule has 0 bridgehead atoms. The van der Waals surface area contributed by atoms with E-state index in [9.17, 15) is 0 Å². The number of rotatable bonds is 0. The van der Waals surface area contributed by atoms with Gasteiger partial charge >= 0.3 is 0 Å². The first-order chi connectivity index (χ1) is 4.47. The van der Waals surface area contributed by atoms with E-state index in [0.29, 0.717) is 0 Å². The maximum Gasteiger partial charge on any atom is 0.0687 e. The number of hydrogen-bond donors (Lipinski definition) is 0. The Labute approximate surface area is 55.0 Å². The van der Waals surface area contributed by atoms with Crippen LogP contribution in [0.15, 0.2) is 23.3 Å². The molecule has 0 N–H and O–H groups in total. The number of hydrogen-bond acceptors (Lipinski definition) is 1. The topological polar surface area (TPSA) is 9.23 Å². The number of ether oxygens (including phenoxy) is 1. The highest BCUT2D eigenvalue weighted by atomic mass is 16.5. The normalized spacial score (nSPS) is 24.9. The molecule has 0 aromatic carbocycles. The fourth-order valence-electron chi connectivity index (χ4n) is 1.36. The quantitative estimate of drug-likeness (QED) is 0.444. The largest absolute Gasteiger partial charge is 0.373 e. The van der Waals surface area contributed by atoms with Crippen molar-refractivity contribution >= 4 is 0 Å². The van der Waals surface area contributed by atoms with Gasteiger partial charge in [0.2, 0.25) is 0 Å². The maximum atomic E-state index is 5.28. The first-order valence-corrected chi connectivity index (χ1v) is 3.39. The van der Waals surface area contributed by atoms with E-state index in [-0.39, 0.29) is 0 Å². The van der Waals surface area contributed by atoms with Crippen LogP contribution in [0.2, 0.25) is 0 Å². The van der Waals surface area contributed by atoms with Crippen molar-refractivity contribution in [3.8, 4) is 0 Å². The summed E-state index contributed by atoms with van der Waals surface area (Å²) >= 11 is 0. The summed E-state index contributed by atoms with van der Waals surface area (Å²) in [5.74, 6) is 0. The van der Waals surface area contributed by atoms with Crippen molar-refractivity contribution in [1.82, 2.24) is 0 Å². The number of allylic oxidation sites excluding steroid dienone is 2. The average molecular weight is 122 g/mol. The lowest BCUT2D eigenvalue weighted by Crippen LogP contribution is -1.90. The van der Waals surface area contributed by atoms with E-state index in [1.54, 1.807) is 0 Å². The van der Waals surface area contributed by atoms with Gasteiger partial charge in [-0.3, -0.25) is 0 Å². The lowest BCUT2D eigenvalue weighted by atomic mass is 10.0. The second-order valence-electron chi connectivity index (χ2n) is 2.58. The monoisotopic (exact) mass is 122 g/mol. The molecule has 48 valence electrons. The van der Waals surface area contributed by atoms with Gasteiger partial charge in [-0.1, -0.05) is 12.2 Å². The summed E-state index contributed by atoms with van der Waals surface area (Å²) < 4.78 is 5.28. The molecule has 1 nitrogen and oxygen atoms in total. The molecule has 0 radical (unpaired) electrons. The predicted molar refractivity (Wildman–Crippen MR) is 36.2 cm³/mol. The second-order valence-corrected chi connectivity index (χ2v) is 2.58. The van der Waals surface area contributed by atoms with Crippen LogP contribution in [0.4, 0.5) is 0 Å². The van der Waals surface area contributed by atoms with Gasteiger partial charge in [-0.2, -0.15) is 0 Å². The molecule has 2 rings (SSSR count). The van der Waals surface area contributed by atoms with Crippen molar-refractivity contribution in [2.45, 2.75) is 12.8 Å². The molecule has 0 spiro atoms. The van der Waals surface area contributed by atoms with Crippen LogP contribution in [0.3, 0.4) is 0 Å². The van der Waals surface area contributed by atoms with E-state index in [1.807, 2.05) is 0 Å². The molecule has 9 heavy (non-hydrogen) atoms. The zero-order valence-electron chi connectivity index (χ0n) is 5.39. The lowest BCUT2D eigenvalue weighted by Gasteiger charge is -2.04. The van der Waals surface area contributed by atoms with Gasteiger partial charge in [0.1, 0.15) is 0 Å². The van der Waals surface area contributed by atoms with Gasteiger partial charge in [0.25, 0.3) is 0 Å². The molecule has 0 fully saturated rings. The van der Waals surface area contributed by atoms with Crippen LogP contribution in [0.5, 0.6) is 0 Å². The fourth-order valence-corrected chi connectivity index (χ4v) is 1.36. The Morgan fingerprint density at radius 3 is 2.11 bits per heavy atom. The van der Waals surface area contributed by atoms with Crippen molar-refractivity contribution in [3.05, 3.63) is 23.3 Å². The van der Waals surface area contributed by atoms with Crippen LogP contribution in [-0.2, 0) is 4.74 Å². The van der Waals surface area contributed by atoms with Crippen molar-refractivity contribution < 1.29 is 4.74 Å². The standard InChI is InChI=1S/C8H10O/c1-2-4-8-6-9-5-7(8)3-1/h1-2H,3-6H2. The molecule has 0 atom stereocenters. The molecule has 0 aromatic rings. The molecule has 1 heterocycles. The van der Waals surface area contributed by atoms with E-state index in [1.165, 1.54) is 11.1 Å². The minimum atomic E-state index is 0.889. The van der Waals surface area contributed by atoms with Crippen LogP contribution in [0, 0.1) is 0 Å². The molecule has 0 unspecified atom stereocenters. The molecule has 0 aromatic heterocycles. The molecule has 1 aliphatic carbocycles. The van der Waals surface area contributed by atoms with Gasteiger partial charge in [-0.25, -0.2) is 0 Å².